The lowest BCUT2D eigenvalue weighted by atomic mass is 9.85. The van der Waals surface area contributed by atoms with Crippen molar-refractivity contribution in [3.8, 4) is 0 Å². The summed E-state index contributed by atoms with van der Waals surface area (Å²) in [4.78, 5) is 17.3. The Bertz CT molecular complexity index is 398. The lowest BCUT2D eigenvalue weighted by Crippen LogP contribution is -2.62. The lowest BCUT2D eigenvalue weighted by molar-refractivity contribution is -0.126. The molecule has 3 rings (SSSR count). The average Bonchev–Trinajstić information content (AvgIpc) is 2.63. The van der Waals surface area contributed by atoms with E-state index in [2.05, 4.69) is 22.2 Å². The van der Waals surface area contributed by atoms with Gasteiger partial charge in [-0.3, -0.25) is 9.69 Å². The Kier molecular flexibility index (Phi) is 6.49. The molecule has 0 aromatic heterocycles. The predicted octanol–water partition coefficient (Wildman–Crippen LogP) is 0.858. The SMILES string of the molecule is CN1CCC(CNC(=O)CC2CCCCO2)(N2CCOCC2)CC1. The summed E-state index contributed by atoms with van der Waals surface area (Å²) in [5.74, 6) is 0.147. The fourth-order valence-corrected chi connectivity index (χ4v) is 4.19. The number of piperidine rings is 1. The molecule has 3 fully saturated rings. The van der Waals surface area contributed by atoms with Crippen molar-refractivity contribution in [2.45, 2.75) is 50.2 Å². The summed E-state index contributed by atoms with van der Waals surface area (Å²) < 4.78 is 11.2. The minimum atomic E-state index is 0.0966. The highest BCUT2D eigenvalue weighted by Crippen LogP contribution is 2.29. The molecule has 0 aromatic rings. The van der Waals surface area contributed by atoms with Gasteiger partial charge in [0.05, 0.1) is 25.7 Å². The molecule has 3 aliphatic heterocycles. The molecule has 1 N–H and O–H groups in total. The lowest BCUT2D eigenvalue weighted by Gasteiger charge is -2.49. The van der Waals surface area contributed by atoms with Gasteiger partial charge in [0.25, 0.3) is 0 Å². The number of likely N-dealkylation sites (tertiary alicyclic amines) is 1. The van der Waals surface area contributed by atoms with Crippen molar-refractivity contribution in [2.24, 2.45) is 0 Å². The van der Waals surface area contributed by atoms with Gasteiger partial charge < -0.3 is 19.7 Å². The first-order valence-corrected chi connectivity index (χ1v) is 9.58. The minimum Gasteiger partial charge on any atom is -0.379 e. The number of ether oxygens (including phenoxy) is 2. The van der Waals surface area contributed by atoms with Crippen LogP contribution >= 0.6 is 0 Å². The van der Waals surface area contributed by atoms with Gasteiger partial charge in [0.15, 0.2) is 0 Å². The van der Waals surface area contributed by atoms with E-state index in [9.17, 15) is 4.79 Å². The smallest absolute Gasteiger partial charge is 0.222 e. The molecule has 0 radical (unpaired) electrons. The van der Waals surface area contributed by atoms with Crippen LogP contribution in [0.1, 0.15) is 38.5 Å². The Morgan fingerprint density at radius 3 is 2.54 bits per heavy atom. The zero-order valence-electron chi connectivity index (χ0n) is 15.1. The van der Waals surface area contributed by atoms with Crippen LogP contribution in [0.4, 0.5) is 0 Å². The van der Waals surface area contributed by atoms with Crippen molar-refractivity contribution in [3.05, 3.63) is 0 Å². The highest BCUT2D eigenvalue weighted by Gasteiger charge is 2.40. The Balaban J connectivity index is 1.54. The van der Waals surface area contributed by atoms with E-state index in [0.717, 1.165) is 78.2 Å². The van der Waals surface area contributed by atoms with E-state index in [1.54, 1.807) is 0 Å². The molecule has 6 nitrogen and oxygen atoms in total. The highest BCUT2D eigenvalue weighted by atomic mass is 16.5. The van der Waals surface area contributed by atoms with Gasteiger partial charge >= 0.3 is 0 Å². The van der Waals surface area contributed by atoms with Crippen molar-refractivity contribution >= 4 is 5.91 Å². The molecule has 1 unspecified atom stereocenters. The van der Waals surface area contributed by atoms with Crippen LogP contribution in [0.5, 0.6) is 0 Å². The Hall–Kier alpha value is -0.690. The van der Waals surface area contributed by atoms with Gasteiger partial charge in [-0.1, -0.05) is 0 Å². The summed E-state index contributed by atoms with van der Waals surface area (Å²) in [5.41, 5.74) is 0.0966. The van der Waals surface area contributed by atoms with Crippen LogP contribution in [-0.4, -0.2) is 86.9 Å². The molecule has 3 aliphatic rings. The number of morpholine rings is 1. The van der Waals surface area contributed by atoms with Gasteiger partial charge in [0.1, 0.15) is 0 Å². The number of hydrogen-bond donors (Lipinski definition) is 1. The van der Waals surface area contributed by atoms with E-state index in [1.807, 2.05) is 0 Å². The third kappa shape index (κ3) is 4.69. The van der Waals surface area contributed by atoms with Gasteiger partial charge in [0, 0.05) is 31.8 Å². The zero-order valence-corrected chi connectivity index (χ0v) is 15.1. The number of rotatable bonds is 5. The molecular weight excluding hydrogens is 306 g/mol. The summed E-state index contributed by atoms with van der Waals surface area (Å²) >= 11 is 0. The fourth-order valence-electron chi connectivity index (χ4n) is 4.19. The van der Waals surface area contributed by atoms with E-state index < -0.39 is 0 Å². The second kappa shape index (κ2) is 8.61. The van der Waals surface area contributed by atoms with Crippen LogP contribution in [0.15, 0.2) is 0 Å². The molecule has 0 aliphatic carbocycles. The monoisotopic (exact) mass is 339 g/mol. The van der Waals surface area contributed by atoms with E-state index in [4.69, 9.17) is 9.47 Å². The molecule has 138 valence electrons. The first kappa shape index (κ1) is 18.1. The number of carbonyl (C=O) groups is 1. The van der Waals surface area contributed by atoms with Crippen LogP contribution in [0.2, 0.25) is 0 Å². The number of hydrogen-bond acceptors (Lipinski definition) is 5. The van der Waals surface area contributed by atoms with Gasteiger partial charge in [-0.15, -0.1) is 0 Å². The normalized spacial score (nSPS) is 29.3. The second-order valence-corrected chi connectivity index (χ2v) is 7.60. The maximum atomic E-state index is 12.4. The first-order chi connectivity index (χ1) is 11.7. The van der Waals surface area contributed by atoms with Crippen LogP contribution < -0.4 is 5.32 Å². The number of carbonyl (C=O) groups excluding carboxylic acids is 1. The highest BCUT2D eigenvalue weighted by molar-refractivity contribution is 5.76. The summed E-state index contributed by atoms with van der Waals surface area (Å²) in [6.07, 6.45) is 6.20. The summed E-state index contributed by atoms with van der Waals surface area (Å²) in [6, 6.07) is 0. The Morgan fingerprint density at radius 2 is 1.88 bits per heavy atom. The van der Waals surface area contributed by atoms with Gasteiger partial charge in [-0.2, -0.15) is 0 Å². The summed E-state index contributed by atoms with van der Waals surface area (Å²) in [5, 5.41) is 3.23. The second-order valence-electron chi connectivity index (χ2n) is 7.60. The van der Waals surface area contributed by atoms with E-state index in [0.29, 0.717) is 6.42 Å². The van der Waals surface area contributed by atoms with E-state index >= 15 is 0 Å². The van der Waals surface area contributed by atoms with Crippen molar-refractivity contribution in [1.29, 1.82) is 0 Å². The Labute approximate surface area is 145 Å². The third-order valence-corrected chi connectivity index (χ3v) is 5.90. The first-order valence-electron chi connectivity index (χ1n) is 9.58. The van der Waals surface area contributed by atoms with Crippen LogP contribution in [0, 0.1) is 0 Å². The van der Waals surface area contributed by atoms with Crippen molar-refractivity contribution in [2.75, 3.05) is 59.6 Å². The van der Waals surface area contributed by atoms with Gasteiger partial charge in [-0.05, 0) is 52.2 Å². The fraction of sp³-hybridized carbons (Fsp3) is 0.944. The van der Waals surface area contributed by atoms with Crippen molar-refractivity contribution in [3.63, 3.8) is 0 Å². The van der Waals surface area contributed by atoms with Crippen LogP contribution in [0.25, 0.3) is 0 Å². The van der Waals surface area contributed by atoms with E-state index in [-0.39, 0.29) is 17.6 Å². The zero-order chi connectivity index (χ0) is 16.8. The molecule has 6 heteroatoms. The minimum absolute atomic E-state index is 0.0966. The largest absolute Gasteiger partial charge is 0.379 e. The molecule has 1 amide bonds. The third-order valence-electron chi connectivity index (χ3n) is 5.90. The number of nitrogens with zero attached hydrogens (tertiary/aromatic N) is 2. The van der Waals surface area contributed by atoms with Crippen LogP contribution in [0.3, 0.4) is 0 Å². The molecule has 24 heavy (non-hydrogen) atoms. The molecule has 3 saturated heterocycles. The number of nitrogens with one attached hydrogen (secondary N) is 1. The Morgan fingerprint density at radius 1 is 1.12 bits per heavy atom. The maximum absolute atomic E-state index is 12.4. The number of amides is 1. The predicted molar refractivity (Wildman–Crippen MR) is 93.1 cm³/mol. The quantitative estimate of drug-likeness (QED) is 0.805. The molecule has 0 saturated carbocycles. The topological polar surface area (TPSA) is 54.0 Å². The molecule has 3 heterocycles. The molecule has 0 aromatic carbocycles. The molecule has 0 spiro atoms. The molecule has 1 atom stereocenters. The van der Waals surface area contributed by atoms with Gasteiger partial charge in [-0.25, -0.2) is 0 Å². The summed E-state index contributed by atoms with van der Waals surface area (Å²) in [7, 11) is 2.18. The summed E-state index contributed by atoms with van der Waals surface area (Å²) in [6.45, 7) is 7.33. The van der Waals surface area contributed by atoms with Crippen molar-refractivity contribution < 1.29 is 14.3 Å². The maximum Gasteiger partial charge on any atom is 0.222 e. The van der Waals surface area contributed by atoms with Gasteiger partial charge in [0.2, 0.25) is 5.91 Å². The van der Waals surface area contributed by atoms with Crippen molar-refractivity contribution in [1.82, 2.24) is 15.1 Å². The average molecular weight is 339 g/mol. The van der Waals surface area contributed by atoms with Crippen LogP contribution in [-0.2, 0) is 14.3 Å². The standard InChI is InChI=1S/C18H33N3O3/c1-20-7-5-18(6-8-20,21-9-12-23-13-10-21)15-19-17(22)14-16-4-2-3-11-24-16/h16H,2-15H2,1H3,(H,19,22). The van der Waals surface area contributed by atoms with E-state index in [1.165, 1.54) is 6.42 Å². The molecular formula is C18H33N3O3. The molecule has 0 bridgehead atoms.